The molecule has 0 aliphatic rings. The normalized spacial score (nSPS) is 12.8. The topological polar surface area (TPSA) is 139 Å². The number of methoxy groups -OCH3 is 1. The lowest BCUT2D eigenvalue weighted by Gasteiger charge is -2.32. The molecule has 0 unspecified atom stereocenters. The first-order chi connectivity index (χ1) is 17.7. The predicted octanol–water partition coefficient (Wildman–Crippen LogP) is 4.01. The van der Waals surface area contributed by atoms with E-state index in [1.54, 1.807) is 12.1 Å². The second-order valence-electron chi connectivity index (χ2n) is 8.63. The zero-order chi connectivity index (χ0) is 28.8. The minimum Gasteiger partial charge on any atom is -0.495 e. The number of sulfonamides is 1. The van der Waals surface area contributed by atoms with Crippen molar-refractivity contribution in [3.8, 4) is 5.75 Å². The summed E-state index contributed by atoms with van der Waals surface area (Å²) in [6, 6.07) is 6.88. The Morgan fingerprint density at radius 1 is 1.16 bits per heavy atom. The second-order valence-corrected chi connectivity index (χ2v) is 11.4. The number of hydrogen-bond donors (Lipinski definition) is 1. The number of amides is 2. The zero-order valence-corrected chi connectivity index (χ0v) is 23.9. The fourth-order valence-corrected chi connectivity index (χ4v) is 4.78. The zero-order valence-electron chi connectivity index (χ0n) is 21.6. The largest absolute Gasteiger partial charge is 0.495 e. The second kappa shape index (κ2) is 13.1. The molecule has 14 heteroatoms. The maximum Gasteiger partial charge on any atom is 0.271 e. The van der Waals surface area contributed by atoms with Crippen LogP contribution in [0.5, 0.6) is 5.75 Å². The van der Waals surface area contributed by atoms with Crippen LogP contribution in [0.1, 0.15) is 32.8 Å². The van der Waals surface area contributed by atoms with E-state index >= 15 is 0 Å². The average Bonchev–Trinajstić information content (AvgIpc) is 2.84. The number of rotatable bonds is 12. The van der Waals surface area contributed by atoms with Gasteiger partial charge in [-0.05, 0) is 44.0 Å². The van der Waals surface area contributed by atoms with Crippen molar-refractivity contribution in [2.75, 3.05) is 24.2 Å². The van der Waals surface area contributed by atoms with Gasteiger partial charge in [-0.2, -0.15) is 0 Å². The van der Waals surface area contributed by atoms with Gasteiger partial charge in [0, 0.05) is 34.8 Å². The van der Waals surface area contributed by atoms with Crippen LogP contribution in [-0.2, 0) is 26.2 Å². The number of carbonyl (C=O) groups excluding carboxylic acids is 2. The number of halogens is 2. The van der Waals surface area contributed by atoms with Crippen LogP contribution in [0, 0.1) is 10.1 Å². The van der Waals surface area contributed by atoms with E-state index < -0.39 is 45.0 Å². The number of nitro benzene ring substituents is 1. The van der Waals surface area contributed by atoms with E-state index in [2.05, 4.69) is 5.32 Å². The van der Waals surface area contributed by atoms with Gasteiger partial charge in [0.05, 0.1) is 18.3 Å². The molecule has 2 rings (SSSR count). The maximum atomic E-state index is 13.7. The van der Waals surface area contributed by atoms with Crippen molar-refractivity contribution in [2.24, 2.45) is 0 Å². The van der Waals surface area contributed by atoms with Gasteiger partial charge in [0.25, 0.3) is 5.69 Å². The third kappa shape index (κ3) is 7.95. The summed E-state index contributed by atoms with van der Waals surface area (Å²) in [5.74, 6) is -1.19. The van der Waals surface area contributed by atoms with Gasteiger partial charge in [-0.25, -0.2) is 8.42 Å². The van der Waals surface area contributed by atoms with Crippen molar-refractivity contribution >= 4 is 56.4 Å². The number of nitro groups is 1. The molecule has 11 nitrogen and oxygen atoms in total. The number of hydrogen-bond acceptors (Lipinski definition) is 7. The summed E-state index contributed by atoms with van der Waals surface area (Å²) >= 11 is 12.3. The van der Waals surface area contributed by atoms with Crippen LogP contribution in [0.25, 0.3) is 0 Å². The molecular weight excluding hydrogens is 559 g/mol. The maximum absolute atomic E-state index is 13.7. The van der Waals surface area contributed by atoms with Crippen LogP contribution in [-0.4, -0.2) is 62.0 Å². The van der Waals surface area contributed by atoms with Gasteiger partial charge in [-0.3, -0.25) is 24.0 Å². The molecule has 0 fully saturated rings. The highest BCUT2D eigenvalue weighted by atomic mass is 35.5. The number of ether oxygens (including phenoxy) is 1. The Balaban J connectivity index is 2.55. The van der Waals surface area contributed by atoms with Crippen LogP contribution in [0.2, 0.25) is 10.0 Å². The summed E-state index contributed by atoms with van der Waals surface area (Å²) in [6.45, 7) is 4.32. The first-order valence-corrected chi connectivity index (χ1v) is 14.1. The summed E-state index contributed by atoms with van der Waals surface area (Å²) in [7, 11) is -2.87. The van der Waals surface area contributed by atoms with E-state index in [-0.39, 0.29) is 29.0 Å². The van der Waals surface area contributed by atoms with E-state index in [1.807, 2.05) is 13.8 Å². The summed E-state index contributed by atoms with van der Waals surface area (Å²) in [5, 5.41) is 14.8. The van der Waals surface area contributed by atoms with E-state index in [1.165, 1.54) is 31.1 Å². The Bertz CT molecular complexity index is 1310. The van der Waals surface area contributed by atoms with Crippen molar-refractivity contribution in [1.82, 2.24) is 10.2 Å². The fraction of sp³-hybridized carbons (Fsp3) is 0.417. The molecule has 0 bridgehead atoms. The van der Waals surface area contributed by atoms with Crippen molar-refractivity contribution in [3.05, 3.63) is 62.1 Å². The minimum atomic E-state index is -4.14. The molecule has 2 atom stereocenters. The molecule has 0 radical (unpaired) electrons. The van der Waals surface area contributed by atoms with Gasteiger partial charge in [0.15, 0.2) is 0 Å². The van der Waals surface area contributed by atoms with Crippen LogP contribution in [0.3, 0.4) is 0 Å². The molecule has 2 aromatic carbocycles. The minimum absolute atomic E-state index is 0.00341. The number of non-ortho nitro benzene ring substituents is 1. The monoisotopic (exact) mass is 588 g/mol. The van der Waals surface area contributed by atoms with Crippen LogP contribution in [0.15, 0.2) is 36.4 Å². The number of anilines is 1. The number of nitrogens with zero attached hydrogens (tertiary/aromatic N) is 3. The van der Waals surface area contributed by atoms with Gasteiger partial charge in [0.1, 0.15) is 24.0 Å². The highest BCUT2D eigenvalue weighted by molar-refractivity contribution is 7.92. The van der Waals surface area contributed by atoms with Gasteiger partial charge in [-0.15, -0.1) is 0 Å². The molecule has 0 saturated heterocycles. The quantitative estimate of drug-likeness (QED) is 0.292. The molecule has 1 N–H and O–H groups in total. The molecule has 0 spiro atoms. The van der Waals surface area contributed by atoms with Crippen molar-refractivity contribution in [3.63, 3.8) is 0 Å². The lowest BCUT2D eigenvalue weighted by atomic mass is 10.1. The molecule has 2 aromatic rings. The first-order valence-electron chi connectivity index (χ1n) is 11.5. The lowest BCUT2D eigenvalue weighted by molar-refractivity contribution is -0.384. The average molecular weight is 589 g/mol. The van der Waals surface area contributed by atoms with E-state index in [0.717, 1.165) is 18.4 Å². The third-order valence-electron chi connectivity index (χ3n) is 5.85. The van der Waals surface area contributed by atoms with E-state index in [9.17, 15) is 28.1 Å². The summed E-state index contributed by atoms with van der Waals surface area (Å²) in [6.07, 6.45) is 1.52. The smallest absolute Gasteiger partial charge is 0.271 e. The number of nitrogens with one attached hydrogen (secondary N) is 1. The molecule has 208 valence electrons. The van der Waals surface area contributed by atoms with Crippen molar-refractivity contribution in [2.45, 2.75) is 45.8 Å². The molecular formula is C24H30Cl2N4O7S. The van der Waals surface area contributed by atoms with E-state index in [4.69, 9.17) is 27.9 Å². The molecule has 0 saturated carbocycles. The third-order valence-corrected chi connectivity index (χ3v) is 7.56. The standard InChI is InChI=1S/C24H30Cl2N4O7S/c1-6-15(2)27-24(32)16(3)28(13-17-7-8-18(25)11-20(17)26)23(31)14-29(38(5,35)36)21-12-19(30(33)34)9-10-22(21)37-4/h7-12,15-16H,6,13-14H2,1-5H3,(H,27,32)/t15-,16-/m0/s1. The predicted molar refractivity (Wildman–Crippen MR) is 146 cm³/mol. The summed E-state index contributed by atoms with van der Waals surface area (Å²) in [4.78, 5) is 38.5. The highest BCUT2D eigenvalue weighted by Crippen LogP contribution is 2.34. The Kier molecular flexibility index (Phi) is 10.7. The van der Waals surface area contributed by atoms with E-state index in [0.29, 0.717) is 21.3 Å². The van der Waals surface area contributed by atoms with Gasteiger partial charge in [-0.1, -0.05) is 36.2 Å². The summed E-state index contributed by atoms with van der Waals surface area (Å²) in [5.41, 5.74) is -0.113. The number of carbonyl (C=O) groups is 2. The molecule has 0 heterocycles. The summed E-state index contributed by atoms with van der Waals surface area (Å²) < 4.78 is 31.5. The Labute approximate surface area is 231 Å². The van der Waals surface area contributed by atoms with Gasteiger partial charge in [0.2, 0.25) is 21.8 Å². The Morgan fingerprint density at radius 3 is 2.34 bits per heavy atom. The molecule has 0 aromatic heterocycles. The number of benzene rings is 2. The van der Waals surface area contributed by atoms with Gasteiger partial charge >= 0.3 is 0 Å². The van der Waals surface area contributed by atoms with Crippen LogP contribution in [0.4, 0.5) is 11.4 Å². The van der Waals surface area contributed by atoms with Crippen LogP contribution >= 0.6 is 23.2 Å². The first kappa shape index (κ1) is 31.1. The highest BCUT2D eigenvalue weighted by Gasteiger charge is 2.32. The van der Waals surface area contributed by atoms with Gasteiger partial charge < -0.3 is 15.0 Å². The lowest BCUT2D eigenvalue weighted by Crippen LogP contribution is -2.52. The van der Waals surface area contributed by atoms with Crippen molar-refractivity contribution < 1.29 is 27.7 Å². The molecule has 2 amide bonds. The Hall–Kier alpha value is -3.09. The van der Waals surface area contributed by atoms with Crippen LogP contribution < -0.4 is 14.4 Å². The fourth-order valence-electron chi connectivity index (χ4n) is 3.46. The molecule has 38 heavy (non-hydrogen) atoms. The Morgan fingerprint density at radius 2 is 1.82 bits per heavy atom. The molecule has 0 aliphatic heterocycles. The SMILES string of the molecule is CC[C@H](C)NC(=O)[C@H](C)N(Cc1ccc(Cl)cc1Cl)C(=O)CN(c1cc([N+](=O)[O-])ccc1OC)S(C)(=O)=O. The molecule has 0 aliphatic carbocycles. The van der Waals surface area contributed by atoms with Crippen molar-refractivity contribution in [1.29, 1.82) is 0 Å².